The minimum absolute atomic E-state index is 0.144. The third kappa shape index (κ3) is 1.82. The van der Waals surface area contributed by atoms with E-state index in [1.807, 2.05) is 32.0 Å². The molecule has 0 saturated heterocycles. The number of hydrogen-bond donors (Lipinski definition) is 1. The normalized spacial score (nSPS) is 10.4. The van der Waals surface area contributed by atoms with Crippen molar-refractivity contribution in [1.29, 1.82) is 0 Å². The zero-order chi connectivity index (χ0) is 11.7. The zero-order valence-electron chi connectivity index (χ0n) is 9.02. The number of rotatable bonds is 2. The van der Waals surface area contributed by atoms with Gasteiger partial charge in [0.15, 0.2) is 0 Å². The minimum atomic E-state index is -1.11. The molecule has 0 aliphatic carbocycles. The Balaban J connectivity index is 2.46. The molecule has 0 amide bonds. The summed E-state index contributed by atoms with van der Waals surface area (Å²) in [7, 11) is 0. The summed E-state index contributed by atoms with van der Waals surface area (Å²) in [6, 6.07) is 5.81. The molecule has 0 saturated carbocycles. The first-order valence-electron chi connectivity index (χ1n) is 4.84. The average molecular weight is 217 g/mol. The number of aromatic carboxylic acids is 1. The fourth-order valence-electron chi connectivity index (χ4n) is 1.55. The molecule has 0 fully saturated rings. The van der Waals surface area contributed by atoms with Crippen molar-refractivity contribution >= 4 is 5.97 Å². The van der Waals surface area contributed by atoms with Crippen LogP contribution in [0.3, 0.4) is 0 Å². The highest BCUT2D eigenvalue weighted by Gasteiger charge is 2.13. The highest BCUT2D eigenvalue weighted by atomic mass is 16.4. The summed E-state index contributed by atoms with van der Waals surface area (Å²) < 4.78 is 5.14. The van der Waals surface area contributed by atoms with Crippen molar-refractivity contribution in [3.63, 3.8) is 0 Å². The Hall–Kier alpha value is -2.10. The van der Waals surface area contributed by atoms with Crippen LogP contribution in [0.5, 0.6) is 0 Å². The van der Waals surface area contributed by atoms with Gasteiger partial charge in [-0.05, 0) is 25.5 Å². The van der Waals surface area contributed by atoms with Gasteiger partial charge in [-0.15, -0.1) is 0 Å². The number of oxazole rings is 1. The van der Waals surface area contributed by atoms with E-state index in [1.54, 1.807) is 0 Å². The van der Waals surface area contributed by atoms with Gasteiger partial charge < -0.3 is 9.52 Å². The number of hydrogen-bond acceptors (Lipinski definition) is 3. The number of benzene rings is 1. The monoisotopic (exact) mass is 217 g/mol. The molecule has 0 radical (unpaired) electrons. The SMILES string of the molecule is Cc1ccc(-c2ncc(C(=O)O)o2)c(C)c1. The van der Waals surface area contributed by atoms with Crippen molar-refractivity contribution in [2.75, 3.05) is 0 Å². The van der Waals surface area contributed by atoms with Gasteiger partial charge >= 0.3 is 5.97 Å². The summed E-state index contributed by atoms with van der Waals surface area (Å²) >= 11 is 0. The van der Waals surface area contributed by atoms with E-state index in [2.05, 4.69) is 4.98 Å². The second-order valence-electron chi connectivity index (χ2n) is 3.65. The highest BCUT2D eigenvalue weighted by molar-refractivity contribution is 5.84. The van der Waals surface area contributed by atoms with Crippen LogP contribution in [-0.4, -0.2) is 16.1 Å². The molecular formula is C12H11NO3. The summed E-state index contributed by atoms with van der Waals surface area (Å²) in [6.45, 7) is 3.93. The molecule has 4 heteroatoms. The Morgan fingerprint density at radius 1 is 1.38 bits per heavy atom. The lowest BCUT2D eigenvalue weighted by atomic mass is 10.1. The summed E-state index contributed by atoms with van der Waals surface area (Å²) in [4.78, 5) is 14.6. The molecule has 1 heterocycles. The summed E-state index contributed by atoms with van der Waals surface area (Å²) in [5.41, 5.74) is 2.98. The van der Waals surface area contributed by atoms with Gasteiger partial charge in [0.05, 0.1) is 6.20 Å². The number of nitrogens with zero attached hydrogens (tertiary/aromatic N) is 1. The van der Waals surface area contributed by atoms with Gasteiger partial charge in [0.1, 0.15) is 0 Å². The standard InChI is InChI=1S/C12H11NO3/c1-7-3-4-9(8(2)5-7)11-13-6-10(16-11)12(14)15/h3-6H,1-2H3,(H,14,15). The second-order valence-corrected chi connectivity index (χ2v) is 3.65. The lowest BCUT2D eigenvalue weighted by molar-refractivity contribution is 0.0663. The maximum absolute atomic E-state index is 10.7. The van der Waals surface area contributed by atoms with Gasteiger partial charge in [0, 0.05) is 5.56 Å². The Morgan fingerprint density at radius 2 is 2.12 bits per heavy atom. The van der Waals surface area contributed by atoms with Crippen LogP contribution in [0.25, 0.3) is 11.5 Å². The number of aromatic nitrogens is 1. The molecule has 2 rings (SSSR count). The molecule has 2 aromatic rings. The Labute approximate surface area is 92.6 Å². The van der Waals surface area contributed by atoms with Crippen LogP contribution in [0, 0.1) is 13.8 Å². The molecule has 0 spiro atoms. The van der Waals surface area contributed by atoms with Crippen molar-refractivity contribution in [2.24, 2.45) is 0 Å². The molecule has 0 atom stereocenters. The summed E-state index contributed by atoms with van der Waals surface area (Å²) in [5.74, 6) is -0.909. The molecule has 16 heavy (non-hydrogen) atoms. The maximum atomic E-state index is 10.7. The van der Waals surface area contributed by atoms with Gasteiger partial charge in [0.2, 0.25) is 11.7 Å². The summed E-state index contributed by atoms with van der Waals surface area (Å²) in [6.07, 6.45) is 1.22. The minimum Gasteiger partial charge on any atom is -0.475 e. The highest BCUT2D eigenvalue weighted by Crippen LogP contribution is 2.23. The Bertz CT molecular complexity index is 543. The third-order valence-electron chi connectivity index (χ3n) is 2.33. The zero-order valence-corrected chi connectivity index (χ0v) is 9.02. The van der Waals surface area contributed by atoms with Crippen LogP contribution >= 0.6 is 0 Å². The van der Waals surface area contributed by atoms with Crippen LogP contribution in [0.2, 0.25) is 0 Å². The lowest BCUT2D eigenvalue weighted by Gasteiger charge is -2.02. The first kappa shape index (κ1) is 10.4. The number of carbonyl (C=O) groups is 1. The van der Waals surface area contributed by atoms with Gasteiger partial charge in [-0.2, -0.15) is 0 Å². The van der Waals surface area contributed by atoms with Crippen LogP contribution in [-0.2, 0) is 0 Å². The third-order valence-corrected chi connectivity index (χ3v) is 2.33. The molecule has 0 aliphatic rings. The average Bonchev–Trinajstić information content (AvgIpc) is 2.66. The molecule has 1 N–H and O–H groups in total. The molecular weight excluding hydrogens is 206 g/mol. The predicted molar refractivity (Wildman–Crippen MR) is 58.4 cm³/mol. The van der Waals surface area contributed by atoms with Crippen LogP contribution in [0.1, 0.15) is 21.7 Å². The smallest absolute Gasteiger partial charge is 0.373 e. The van der Waals surface area contributed by atoms with Crippen molar-refractivity contribution in [2.45, 2.75) is 13.8 Å². The quantitative estimate of drug-likeness (QED) is 0.839. The van der Waals surface area contributed by atoms with Crippen molar-refractivity contribution in [3.8, 4) is 11.5 Å². The number of aryl methyl sites for hydroxylation is 2. The van der Waals surface area contributed by atoms with Crippen LogP contribution in [0.15, 0.2) is 28.8 Å². The van der Waals surface area contributed by atoms with Gasteiger partial charge in [-0.25, -0.2) is 9.78 Å². The number of carboxylic acids is 1. The topological polar surface area (TPSA) is 63.3 Å². The first-order chi connectivity index (χ1) is 7.58. The van der Waals surface area contributed by atoms with E-state index in [4.69, 9.17) is 9.52 Å². The van der Waals surface area contributed by atoms with E-state index in [9.17, 15) is 4.79 Å². The molecule has 1 aromatic carbocycles. The van der Waals surface area contributed by atoms with E-state index >= 15 is 0 Å². The largest absolute Gasteiger partial charge is 0.475 e. The van der Waals surface area contributed by atoms with Gasteiger partial charge in [-0.3, -0.25) is 0 Å². The van der Waals surface area contributed by atoms with E-state index in [0.717, 1.165) is 16.7 Å². The van der Waals surface area contributed by atoms with Crippen LogP contribution in [0.4, 0.5) is 0 Å². The first-order valence-corrected chi connectivity index (χ1v) is 4.84. The fourth-order valence-corrected chi connectivity index (χ4v) is 1.55. The van der Waals surface area contributed by atoms with Crippen LogP contribution < -0.4 is 0 Å². The van der Waals surface area contributed by atoms with Crippen molar-refractivity contribution < 1.29 is 14.3 Å². The van der Waals surface area contributed by atoms with E-state index in [0.29, 0.717) is 5.89 Å². The molecule has 82 valence electrons. The molecule has 0 aliphatic heterocycles. The molecule has 1 aromatic heterocycles. The Morgan fingerprint density at radius 3 is 2.69 bits per heavy atom. The maximum Gasteiger partial charge on any atom is 0.373 e. The Kier molecular flexibility index (Phi) is 2.48. The van der Waals surface area contributed by atoms with Crippen molar-refractivity contribution in [1.82, 2.24) is 4.98 Å². The van der Waals surface area contributed by atoms with E-state index in [1.165, 1.54) is 6.20 Å². The molecule has 4 nitrogen and oxygen atoms in total. The van der Waals surface area contributed by atoms with E-state index < -0.39 is 5.97 Å². The van der Waals surface area contributed by atoms with Gasteiger partial charge in [0.25, 0.3) is 0 Å². The molecule has 0 unspecified atom stereocenters. The molecule has 0 bridgehead atoms. The fraction of sp³-hybridized carbons (Fsp3) is 0.167. The second kappa shape index (κ2) is 3.81. The summed E-state index contributed by atoms with van der Waals surface area (Å²) in [5, 5.41) is 8.72. The lowest BCUT2D eigenvalue weighted by Crippen LogP contribution is -1.91. The predicted octanol–water partition coefficient (Wildman–Crippen LogP) is 2.66. The van der Waals surface area contributed by atoms with Gasteiger partial charge in [-0.1, -0.05) is 17.7 Å². The van der Waals surface area contributed by atoms with E-state index in [-0.39, 0.29) is 5.76 Å². The van der Waals surface area contributed by atoms with Crippen molar-refractivity contribution in [3.05, 3.63) is 41.3 Å². The number of carboxylic acid groups (broad SMARTS) is 1.